The Labute approximate surface area is 163 Å². The minimum atomic E-state index is -3.63. The van der Waals surface area contributed by atoms with Gasteiger partial charge in [0.25, 0.3) is 0 Å². The predicted molar refractivity (Wildman–Crippen MR) is 103 cm³/mol. The zero-order valence-corrected chi connectivity index (χ0v) is 16.1. The second-order valence-electron chi connectivity index (χ2n) is 6.98. The van der Waals surface area contributed by atoms with Crippen molar-refractivity contribution in [1.82, 2.24) is 19.1 Å². The molecule has 1 saturated heterocycles. The van der Waals surface area contributed by atoms with Gasteiger partial charge in [-0.05, 0) is 55.2 Å². The summed E-state index contributed by atoms with van der Waals surface area (Å²) in [5.74, 6) is 0.517. The van der Waals surface area contributed by atoms with Crippen molar-refractivity contribution >= 4 is 10.0 Å². The van der Waals surface area contributed by atoms with Crippen molar-refractivity contribution in [3.05, 3.63) is 72.6 Å². The van der Waals surface area contributed by atoms with Crippen molar-refractivity contribution in [2.45, 2.75) is 24.2 Å². The zero-order chi connectivity index (χ0) is 19.6. The van der Waals surface area contributed by atoms with Crippen molar-refractivity contribution in [3.63, 3.8) is 0 Å². The van der Waals surface area contributed by atoms with E-state index in [2.05, 4.69) is 10.2 Å². The van der Waals surface area contributed by atoms with Crippen LogP contribution in [0.15, 0.2) is 65.8 Å². The summed E-state index contributed by atoms with van der Waals surface area (Å²) in [5, 5.41) is 8.28. The topological polar surface area (TPSA) is 68.1 Å². The molecule has 2 aromatic carbocycles. The van der Waals surface area contributed by atoms with Crippen molar-refractivity contribution in [3.8, 4) is 5.69 Å². The molecular formula is C20H21FN4O2S. The number of aromatic nitrogens is 3. The van der Waals surface area contributed by atoms with Gasteiger partial charge >= 0.3 is 0 Å². The number of benzene rings is 2. The number of hydrogen-bond acceptors (Lipinski definition) is 4. The first kappa shape index (κ1) is 18.8. The van der Waals surface area contributed by atoms with Gasteiger partial charge in [0, 0.05) is 25.2 Å². The third-order valence-electron chi connectivity index (χ3n) is 5.06. The van der Waals surface area contributed by atoms with Gasteiger partial charge in [-0.3, -0.25) is 4.57 Å². The maximum atomic E-state index is 13.1. The molecule has 0 N–H and O–H groups in total. The van der Waals surface area contributed by atoms with E-state index < -0.39 is 15.8 Å². The van der Waals surface area contributed by atoms with Gasteiger partial charge in [-0.2, -0.15) is 4.31 Å². The Hall–Kier alpha value is -2.58. The molecule has 146 valence electrons. The fraction of sp³-hybridized carbons (Fsp3) is 0.300. The van der Waals surface area contributed by atoms with Crippen LogP contribution in [0.2, 0.25) is 0 Å². The molecule has 2 heterocycles. The summed E-state index contributed by atoms with van der Waals surface area (Å²) < 4.78 is 42.4. The highest BCUT2D eigenvalue weighted by Crippen LogP contribution is 2.26. The van der Waals surface area contributed by atoms with Crippen molar-refractivity contribution in [2.24, 2.45) is 5.92 Å². The highest BCUT2D eigenvalue weighted by molar-refractivity contribution is 7.89. The molecule has 1 aromatic heterocycles. The normalized spacial score (nSPS) is 18.2. The van der Waals surface area contributed by atoms with E-state index in [1.165, 1.54) is 28.6 Å². The van der Waals surface area contributed by atoms with Gasteiger partial charge in [0.05, 0.1) is 4.90 Å². The Kier molecular flexibility index (Phi) is 5.23. The van der Waals surface area contributed by atoms with Crippen LogP contribution in [0.1, 0.15) is 18.7 Å². The summed E-state index contributed by atoms with van der Waals surface area (Å²) in [4.78, 5) is 0.127. The average molecular weight is 400 g/mol. The lowest BCUT2D eigenvalue weighted by atomic mass is 9.96. The van der Waals surface area contributed by atoms with Crippen LogP contribution in [0, 0.1) is 11.7 Å². The van der Waals surface area contributed by atoms with Gasteiger partial charge in [-0.15, -0.1) is 10.2 Å². The number of piperidine rings is 1. The second-order valence-corrected chi connectivity index (χ2v) is 8.92. The summed E-state index contributed by atoms with van der Waals surface area (Å²) in [6.07, 6.45) is 4.03. The standard InChI is InChI=1S/C20H21FN4O2S/c21-17-8-10-19(11-9-17)28(26,27)24-12-4-5-16(14-24)13-20-23-22-15-25(20)18-6-2-1-3-7-18/h1-3,6-11,15-16H,4-5,12-14H2. The number of sulfonamides is 1. The summed E-state index contributed by atoms with van der Waals surface area (Å²) in [6.45, 7) is 0.892. The van der Waals surface area contributed by atoms with Crippen LogP contribution in [0.4, 0.5) is 4.39 Å². The maximum absolute atomic E-state index is 13.1. The van der Waals surface area contributed by atoms with Crippen LogP contribution in [0.3, 0.4) is 0 Å². The molecule has 1 aliphatic heterocycles. The molecule has 1 atom stereocenters. The monoisotopic (exact) mass is 400 g/mol. The number of halogens is 1. The molecule has 0 aliphatic carbocycles. The summed E-state index contributed by atoms with van der Waals surface area (Å²) in [6, 6.07) is 14.8. The van der Waals surface area contributed by atoms with Crippen molar-refractivity contribution in [1.29, 1.82) is 0 Å². The van der Waals surface area contributed by atoms with Crippen LogP contribution in [-0.2, 0) is 16.4 Å². The Morgan fingerprint density at radius 1 is 1.07 bits per heavy atom. The minimum Gasteiger partial charge on any atom is -0.286 e. The van der Waals surface area contributed by atoms with Crippen LogP contribution in [0.5, 0.6) is 0 Å². The Bertz CT molecular complexity index is 1040. The maximum Gasteiger partial charge on any atom is 0.243 e. The molecule has 28 heavy (non-hydrogen) atoms. The number of para-hydroxylation sites is 1. The van der Waals surface area contributed by atoms with Crippen LogP contribution < -0.4 is 0 Å². The third kappa shape index (κ3) is 3.83. The lowest BCUT2D eigenvalue weighted by molar-refractivity contribution is 0.262. The molecule has 8 heteroatoms. The van der Waals surface area contributed by atoms with E-state index in [0.717, 1.165) is 24.4 Å². The van der Waals surface area contributed by atoms with Crippen molar-refractivity contribution < 1.29 is 12.8 Å². The fourth-order valence-corrected chi connectivity index (χ4v) is 5.18. The fourth-order valence-electron chi connectivity index (χ4n) is 3.63. The van der Waals surface area contributed by atoms with Gasteiger partial charge in [0.15, 0.2) is 0 Å². The first-order valence-electron chi connectivity index (χ1n) is 9.24. The first-order valence-corrected chi connectivity index (χ1v) is 10.7. The summed E-state index contributed by atoms with van der Waals surface area (Å²) in [5.41, 5.74) is 0.981. The molecule has 3 aromatic rings. The average Bonchev–Trinajstić information content (AvgIpc) is 3.17. The zero-order valence-electron chi connectivity index (χ0n) is 15.3. The van der Waals surface area contributed by atoms with E-state index in [9.17, 15) is 12.8 Å². The Morgan fingerprint density at radius 2 is 1.82 bits per heavy atom. The van der Waals surface area contributed by atoms with Crippen LogP contribution in [-0.4, -0.2) is 40.6 Å². The molecule has 6 nitrogen and oxygen atoms in total. The largest absolute Gasteiger partial charge is 0.286 e. The van der Waals surface area contributed by atoms with Gasteiger partial charge in [-0.25, -0.2) is 12.8 Å². The number of nitrogens with zero attached hydrogens (tertiary/aromatic N) is 4. The summed E-state index contributed by atoms with van der Waals surface area (Å²) >= 11 is 0. The molecule has 0 saturated carbocycles. The first-order chi connectivity index (χ1) is 13.5. The second kappa shape index (κ2) is 7.81. The van der Waals surface area contributed by atoms with Crippen LogP contribution in [0.25, 0.3) is 5.69 Å². The minimum absolute atomic E-state index is 0.127. The van der Waals surface area contributed by atoms with Gasteiger partial charge in [0.2, 0.25) is 10.0 Å². The van der Waals surface area contributed by atoms with Gasteiger partial charge < -0.3 is 0 Å². The van der Waals surface area contributed by atoms with E-state index in [1.54, 1.807) is 6.33 Å². The van der Waals surface area contributed by atoms with Crippen LogP contribution >= 0.6 is 0 Å². The highest BCUT2D eigenvalue weighted by atomic mass is 32.2. The Morgan fingerprint density at radius 3 is 2.57 bits per heavy atom. The molecule has 0 bridgehead atoms. The molecule has 0 spiro atoms. The lowest BCUT2D eigenvalue weighted by Crippen LogP contribution is -2.40. The van der Waals surface area contributed by atoms with E-state index in [0.29, 0.717) is 19.5 Å². The van der Waals surface area contributed by atoms with E-state index >= 15 is 0 Å². The molecular weight excluding hydrogens is 379 g/mol. The highest BCUT2D eigenvalue weighted by Gasteiger charge is 2.31. The summed E-state index contributed by atoms with van der Waals surface area (Å²) in [7, 11) is -3.63. The Balaban J connectivity index is 1.51. The molecule has 0 amide bonds. The quantitative estimate of drug-likeness (QED) is 0.660. The van der Waals surface area contributed by atoms with E-state index in [4.69, 9.17) is 0 Å². The van der Waals surface area contributed by atoms with E-state index in [-0.39, 0.29) is 10.8 Å². The smallest absolute Gasteiger partial charge is 0.243 e. The number of rotatable bonds is 5. The van der Waals surface area contributed by atoms with Crippen molar-refractivity contribution in [2.75, 3.05) is 13.1 Å². The molecule has 1 fully saturated rings. The molecule has 1 unspecified atom stereocenters. The SMILES string of the molecule is O=S(=O)(c1ccc(F)cc1)N1CCCC(Cc2nncn2-c2ccccc2)C1. The van der Waals surface area contributed by atoms with E-state index in [1.807, 2.05) is 34.9 Å². The molecule has 4 rings (SSSR count). The number of hydrogen-bond donors (Lipinski definition) is 0. The lowest BCUT2D eigenvalue weighted by Gasteiger charge is -2.31. The molecule has 0 radical (unpaired) electrons. The van der Waals surface area contributed by atoms with Gasteiger partial charge in [-0.1, -0.05) is 18.2 Å². The third-order valence-corrected chi connectivity index (χ3v) is 6.94. The predicted octanol–water partition coefficient (Wildman–Crippen LogP) is 3.05. The molecule has 1 aliphatic rings. The van der Waals surface area contributed by atoms with Gasteiger partial charge in [0.1, 0.15) is 18.0 Å².